The van der Waals surface area contributed by atoms with Crippen LogP contribution in [0.2, 0.25) is 0 Å². The van der Waals surface area contributed by atoms with E-state index >= 15 is 0 Å². The summed E-state index contributed by atoms with van der Waals surface area (Å²) in [5, 5.41) is 2.33. The maximum absolute atomic E-state index is 12.1. The summed E-state index contributed by atoms with van der Waals surface area (Å²) in [4.78, 5) is 36.3. The van der Waals surface area contributed by atoms with Gasteiger partial charge in [-0.15, -0.1) is 0 Å². The second kappa shape index (κ2) is 8.24. The zero-order chi connectivity index (χ0) is 17.7. The Hall–Kier alpha value is -1.95. The van der Waals surface area contributed by atoms with Gasteiger partial charge in [-0.3, -0.25) is 14.9 Å². The van der Waals surface area contributed by atoms with Crippen molar-refractivity contribution in [3.63, 3.8) is 0 Å². The zero-order valence-electron chi connectivity index (χ0n) is 14.6. The van der Waals surface area contributed by atoms with Gasteiger partial charge in [0.25, 0.3) is 11.8 Å². The molecule has 0 aromatic carbocycles. The van der Waals surface area contributed by atoms with Crippen LogP contribution in [0, 0.1) is 0 Å². The van der Waals surface area contributed by atoms with E-state index in [1.165, 1.54) is 0 Å². The third kappa shape index (κ3) is 4.54. The van der Waals surface area contributed by atoms with Gasteiger partial charge in [0.2, 0.25) is 0 Å². The number of hydrogen-bond donors (Lipinski definition) is 1. The third-order valence-corrected chi connectivity index (χ3v) is 4.36. The molecule has 2 heterocycles. The molecular formula is C18H25NO5. The number of unbranched alkanes of at least 4 members (excludes halogenated alkanes) is 3. The zero-order valence-corrected chi connectivity index (χ0v) is 14.6. The van der Waals surface area contributed by atoms with Crippen LogP contribution in [-0.2, 0) is 23.9 Å². The lowest BCUT2D eigenvalue weighted by Crippen LogP contribution is -2.23. The molecule has 6 heteroatoms. The normalized spacial score (nSPS) is 20.9. The fourth-order valence-corrected chi connectivity index (χ4v) is 2.64. The number of carbonyl (C=O) groups is 3. The quantitative estimate of drug-likeness (QED) is 0.229. The van der Waals surface area contributed by atoms with E-state index in [9.17, 15) is 14.4 Å². The van der Waals surface area contributed by atoms with E-state index in [0.717, 1.165) is 25.7 Å². The number of carbonyl (C=O) groups excluding carboxylic acids is 3. The molecule has 1 atom stereocenters. The van der Waals surface area contributed by atoms with Crippen molar-refractivity contribution in [1.82, 2.24) is 5.32 Å². The summed E-state index contributed by atoms with van der Waals surface area (Å²) in [5.41, 5.74) is 1.66. The average molecular weight is 335 g/mol. The lowest BCUT2D eigenvalue weighted by molar-refractivity contribution is -0.139. The van der Waals surface area contributed by atoms with Crippen molar-refractivity contribution in [3.05, 3.63) is 22.3 Å². The topological polar surface area (TPSA) is 85.0 Å². The SMILES string of the molecule is CCCCCCC1=C(/C(C)=C(\C)C(=O)OCC2CO2)C(=O)NC1=O. The number of amides is 2. The fraction of sp³-hybridized carbons (Fsp3) is 0.611. The summed E-state index contributed by atoms with van der Waals surface area (Å²) in [7, 11) is 0. The Morgan fingerprint density at radius 3 is 2.54 bits per heavy atom. The summed E-state index contributed by atoms with van der Waals surface area (Å²) in [6.45, 7) is 6.24. The first kappa shape index (κ1) is 18.4. The first-order valence-corrected chi connectivity index (χ1v) is 8.51. The highest BCUT2D eigenvalue weighted by Crippen LogP contribution is 2.27. The Morgan fingerprint density at radius 1 is 1.21 bits per heavy atom. The molecule has 0 saturated carbocycles. The number of hydrogen-bond acceptors (Lipinski definition) is 5. The second-order valence-electron chi connectivity index (χ2n) is 6.25. The summed E-state index contributed by atoms with van der Waals surface area (Å²) in [6, 6.07) is 0. The molecule has 2 aliphatic heterocycles. The van der Waals surface area contributed by atoms with Crippen molar-refractivity contribution < 1.29 is 23.9 Å². The third-order valence-electron chi connectivity index (χ3n) is 4.36. The van der Waals surface area contributed by atoms with E-state index in [2.05, 4.69) is 12.2 Å². The van der Waals surface area contributed by atoms with Crippen LogP contribution >= 0.6 is 0 Å². The van der Waals surface area contributed by atoms with Crippen LogP contribution in [-0.4, -0.2) is 37.1 Å². The predicted molar refractivity (Wildman–Crippen MR) is 88.0 cm³/mol. The van der Waals surface area contributed by atoms with Gasteiger partial charge in [-0.25, -0.2) is 4.79 Å². The van der Waals surface area contributed by atoms with Gasteiger partial charge in [-0.1, -0.05) is 26.2 Å². The number of nitrogens with one attached hydrogen (secondary N) is 1. The Balaban J connectivity index is 2.13. The van der Waals surface area contributed by atoms with Crippen molar-refractivity contribution in [2.24, 2.45) is 0 Å². The highest BCUT2D eigenvalue weighted by atomic mass is 16.6. The number of imide groups is 1. The molecule has 132 valence electrons. The standard InChI is InChI=1S/C18H25NO5/c1-4-5-6-7-8-14-15(17(21)19-16(14)20)11(2)12(3)18(22)24-10-13-9-23-13/h13H,4-10H2,1-3H3,(H,19,20,21)/b12-11+. The van der Waals surface area contributed by atoms with Gasteiger partial charge in [0, 0.05) is 11.1 Å². The number of ether oxygens (including phenoxy) is 2. The van der Waals surface area contributed by atoms with Crippen molar-refractivity contribution in [1.29, 1.82) is 0 Å². The Kier molecular flexibility index (Phi) is 6.31. The second-order valence-corrected chi connectivity index (χ2v) is 6.25. The van der Waals surface area contributed by atoms with Crippen LogP contribution < -0.4 is 5.32 Å². The van der Waals surface area contributed by atoms with Crippen LogP contribution in [0.25, 0.3) is 0 Å². The first-order chi connectivity index (χ1) is 11.5. The highest BCUT2D eigenvalue weighted by molar-refractivity contribution is 6.21. The van der Waals surface area contributed by atoms with Crippen LogP contribution in [0.1, 0.15) is 52.9 Å². The molecule has 1 fully saturated rings. The molecule has 24 heavy (non-hydrogen) atoms. The molecule has 0 bridgehead atoms. The minimum absolute atomic E-state index is 0.00763. The van der Waals surface area contributed by atoms with Gasteiger partial charge in [-0.05, 0) is 32.3 Å². The van der Waals surface area contributed by atoms with Crippen LogP contribution in [0.4, 0.5) is 0 Å². The number of epoxide rings is 1. The maximum Gasteiger partial charge on any atom is 0.334 e. The van der Waals surface area contributed by atoms with Gasteiger partial charge >= 0.3 is 5.97 Å². The molecule has 1 saturated heterocycles. The Morgan fingerprint density at radius 2 is 1.92 bits per heavy atom. The molecular weight excluding hydrogens is 310 g/mol. The van der Waals surface area contributed by atoms with Gasteiger partial charge in [0.05, 0.1) is 12.2 Å². The van der Waals surface area contributed by atoms with Gasteiger partial charge in [0.15, 0.2) is 0 Å². The van der Waals surface area contributed by atoms with Gasteiger partial charge in [-0.2, -0.15) is 0 Å². The van der Waals surface area contributed by atoms with E-state index < -0.39 is 11.9 Å². The highest BCUT2D eigenvalue weighted by Gasteiger charge is 2.32. The minimum Gasteiger partial charge on any atom is -0.459 e. The minimum atomic E-state index is -0.479. The van der Waals surface area contributed by atoms with E-state index in [1.54, 1.807) is 13.8 Å². The van der Waals surface area contributed by atoms with Crippen molar-refractivity contribution in [2.75, 3.05) is 13.2 Å². The first-order valence-electron chi connectivity index (χ1n) is 8.51. The molecule has 1 N–H and O–H groups in total. The molecule has 0 aromatic heterocycles. The average Bonchev–Trinajstić information content (AvgIpc) is 3.33. The number of esters is 1. The van der Waals surface area contributed by atoms with Crippen molar-refractivity contribution in [3.8, 4) is 0 Å². The summed E-state index contributed by atoms with van der Waals surface area (Å²) in [6.07, 6.45) is 4.60. The van der Waals surface area contributed by atoms with Crippen molar-refractivity contribution >= 4 is 17.8 Å². The fourth-order valence-electron chi connectivity index (χ4n) is 2.64. The van der Waals surface area contributed by atoms with E-state index in [-0.39, 0.29) is 18.6 Å². The monoisotopic (exact) mass is 335 g/mol. The van der Waals surface area contributed by atoms with Crippen molar-refractivity contribution in [2.45, 2.75) is 59.0 Å². The van der Waals surface area contributed by atoms with Gasteiger partial charge in [0.1, 0.15) is 12.7 Å². The molecule has 0 aliphatic carbocycles. The van der Waals surface area contributed by atoms with E-state index in [4.69, 9.17) is 9.47 Å². The van der Waals surface area contributed by atoms with E-state index in [0.29, 0.717) is 35.3 Å². The smallest absolute Gasteiger partial charge is 0.334 e. The molecule has 2 rings (SSSR count). The largest absolute Gasteiger partial charge is 0.459 e. The molecule has 0 radical (unpaired) electrons. The maximum atomic E-state index is 12.1. The predicted octanol–water partition coefficient (Wildman–Crippen LogP) is 2.19. The molecule has 0 aromatic rings. The lowest BCUT2D eigenvalue weighted by atomic mass is 9.95. The summed E-state index contributed by atoms with van der Waals surface area (Å²) < 4.78 is 10.2. The van der Waals surface area contributed by atoms with Gasteiger partial charge < -0.3 is 9.47 Å². The number of rotatable bonds is 9. The Bertz CT molecular complexity index is 599. The molecule has 1 unspecified atom stereocenters. The van der Waals surface area contributed by atoms with E-state index in [1.807, 2.05) is 0 Å². The lowest BCUT2D eigenvalue weighted by Gasteiger charge is -2.09. The molecule has 2 aliphatic rings. The van der Waals surface area contributed by atoms with Crippen LogP contribution in [0.5, 0.6) is 0 Å². The molecule has 0 spiro atoms. The summed E-state index contributed by atoms with van der Waals surface area (Å²) in [5.74, 6) is -1.26. The molecule has 6 nitrogen and oxygen atoms in total. The van der Waals surface area contributed by atoms with Crippen LogP contribution in [0.15, 0.2) is 22.3 Å². The molecule has 2 amide bonds. The van der Waals surface area contributed by atoms with Crippen LogP contribution in [0.3, 0.4) is 0 Å². The summed E-state index contributed by atoms with van der Waals surface area (Å²) >= 11 is 0. The Labute approximate surface area is 142 Å².